The predicted octanol–water partition coefficient (Wildman–Crippen LogP) is 1.46. The van der Waals surface area contributed by atoms with E-state index < -0.39 is 0 Å². The summed E-state index contributed by atoms with van der Waals surface area (Å²) in [7, 11) is 0. The molecule has 4 nitrogen and oxygen atoms in total. The highest BCUT2D eigenvalue weighted by atomic mass is 32.2. The fraction of sp³-hybridized carbons (Fsp3) is 0.375. The van der Waals surface area contributed by atoms with Crippen LogP contribution in [0.15, 0.2) is 11.1 Å². The van der Waals surface area contributed by atoms with Gasteiger partial charge in [0.25, 0.3) is 0 Å². The second-order valence-corrected chi connectivity index (χ2v) is 3.61. The second-order valence-electron chi connectivity index (χ2n) is 2.79. The minimum absolute atomic E-state index is 0.870. The molecule has 2 rings (SSSR count). The third kappa shape index (κ3) is 1.29. The summed E-state index contributed by atoms with van der Waals surface area (Å²) >= 11 is 1.61. The molecule has 0 amide bonds. The molecule has 0 aromatic carbocycles. The Morgan fingerprint density at radius 2 is 2.00 bits per heavy atom. The Kier molecular flexibility index (Phi) is 1.95. The number of nitrogens with zero attached hydrogens (tertiary/aromatic N) is 4. The van der Waals surface area contributed by atoms with Gasteiger partial charge < -0.3 is 0 Å². The first-order valence-electron chi connectivity index (χ1n) is 3.95. The van der Waals surface area contributed by atoms with Crippen molar-refractivity contribution >= 4 is 17.4 Å². The zero-order chi connectivity index (χ0) is 9.42. The molecule has 0 aliphatic rings. The third-order valence-corrected chi connectivity index (χ3v) is 2.53. The smallest absolute Gasteiger partial charge is 0.164 e. The topological polar surface area (TPSA) is 43.1 Å². The number of rotatable bonds is 1. The van der Waals surface area contributed by atoms with E-state index in [0.29, 0.717) is 0 Å². The zero-order valence-electron chi connectivity index (χ0n) is 7.77. The second kappa shape index (κ2) is 2.99. The molecule has 0 aliphatic heterocycles. The van der Waals surface area contributed by atoms with E-state index in [1.165, 1.54) is 0 Å². The molecule has 0 spiro atoms. The average Bonchev–Trinajstić information content (AvgIpc) is 2.48. The first-order valence-corrected chi connectivity index (χ1v) is 5.18. The molecule has 0 unspecified atom stereocenters. The van der Waals surface area contributed by atoms with E-state index >= 15 is 0 Å². The van der Waals surface area contributed by atoms with E-state index in [2.05, 4.69) is 15.2 Å². The van der Waals surface area contributed by atoms with Crippen LogP contribution < -0.4 is 0 Å². The lowest BCUT2D eigenvalue weighted by molar-refractivity contribution is 0.893. The summed E-state index contributed by atoms with van der Waals surface area (Å²) in [5.41, 5.74) is 0.870. The maximum atomic E-state index is 4.40. The monoisotopic (exact) mass is 194 g/mol. The first kappa shape index (κ1) is 8.50. The zero-order valence-corrected chi connectivity index (χ0v) is 8.59. The molecule has 0 saturated carbocycles. The van der Waals surface area contributed by atoms with Crippen LogP contribution in [0.2, 0.25) is 0 Å². The van der Waals surface area contributed by atoms with Gasteiger partial charge in [-0.25, -0.2) is 4.98 Å². The van der Waals surface area contributed by atoms with Crippen LogP contribution in [0.4, 0.5) is 0 Å². The highest BCUT2D eigenvalue weighted by molar-refractivity contribution is 7.98. The standard InChI is InChI=1S/C8H10N4S/c1-5-9-8(13-3)4-7-11-10-6(2)12(5)7/h4H,1-3H3. The van der Waals surface area contributed by atoms with Gasteiger partial charge in [0.2, 0.25) is 0 Å². The number of aryl methyl sites for hydroxylation is 2. The fourth-order valence-electron chi connectivity index (χ4n) is 1.33. The number of aromatic nitrogens is 4. The van der Waals surface area contributed by atoms with Crippen LogP contribution in [0.1, 0.15) is 11.6 Å². The van der Waals surface area contributed by atoms with Crippen molar-refractivity contribution in [1.82, 2.24) is 19.6 Å². The molecule has 0 N–H and O–H groups in total. The first-order chi connectivity index (χ1) is 6.22. The van der Waals surface area contributed by atoms with E-state index in [4.69, 9.17) is 0 Å². The number of hydrogen-bond acceptors (Lipinski definition) is 4. The van der Waals surface area contributed by atoms with E-state index in [9.17, 15) is 0 Å². The van der Waals surface area contributed by atoms with E-state index in [1.54, 1.807) is 11.8 Å². The SMILES string of the molecule is CSc1cc2nnc(C)n2c(C)n1. The molecule has 0 bridgehead atoms. The number of thioether (sulfide) groups is 1. The lowest BCUT2D eigenvalue weighted by atomic mass is 10.5. The Labute approximate surface area is 80.4 Å². The van der Waals surface area contributed by atoms with Crippen LogP contribution in [0.3, 0.4) is 0 Å². The van der Waals surface area contributed by atoms with Crippen molar-refractivity contribution in [2.75, 3.05) is 6.26 Å². The molecular weight excluding hydrogens is 184 g/mol. The Morgan fingerprint density at radius 3 is 2.69 bits per heavy atom. The van der Waals surface area contributed by atoms with Crippen molar-refractivity contribution < 1.29 is 0 Å². The maximum Gasteiger partial charge on any atom is 0.164 e. The molecule has 0 atom stereocenters. The largest absolute Gasteiger partial charge is 0.267 e. The highest BCUT2D eigenvalue weighted by Gasteiger charge is 2.05. The van der Waals surface area contributed by atoms with Crippen molar-refractivity contribution in [3.05, 3.63) is 17.7 Å². The summed E-state index contributed by atoms with van der Waals surface area (Å²) in [4.78, 5) is 4.40. The van der Waals surface area contributed by atoms with E-state index in [0.717, 1.165) is 22.3 Å². The van der Waals surface area contributed by atoms with Crippen molar-refractivity contribution in [2.24, 2.45) is 0 Å². The summed E-state index contributed by atoms with van der Waals surface area (Å²) in [5.74, 6) is 1.82. The van der Waals surface area contributed by atoms with Crippen molar-refractivity contribution in [2.45, 2.75) is 18.9 Å². The Hall–Kier alpha value is -1.10. The number of fused-ring (bicyclic) bond motifs is 1. The maximum absolute atomic E-state index is 4.40. The molecule has 0 radical (unpaired) electrons. The Bertz CT molecular complexity index is 449. The lowest BCUT2D eigenvalue weighted by Gasteiger charge is -2.01. The Morgan fingerprint density at radius 1 is 1.23 bits per heavy atom. The van der Waals surface area contributed by atoms with Gasteiger partial charge in [0, 0.05) is 6.07 Å². The van der Waals surface area contributed by atoms with Gasteiger partial charge >= 0.3 is 0 Å². The highest BCUT2D eigenvalue weighted by Crippen LogP contribution is 2.15. The van der Waals surface area contributed by atoms with Gasteiger partial charge in [0.05, 0.1) is 0 Å². The summed E-state index contributed by atoms with van der Waals surface area (Å²) in [6, 6.07) is 1.94. The summed E-state index contributed by atoms with van der Waals surface area (Å²) in [5, 5.41) is 9.03. The normalized spacial score (nSPS) is 11.0. The van der Waals surface area contributed by atoms with Crippen LogP contribution in [-0.4, -0.2) is 25.8 Å². The number of hydrogen-bond donors (Lipinski definition) is 0. The van der Waals surface area contributed by atoms with Gasteiger partial charge in [-0.1, -0.05) is 0 Å². The molecule has 2 aromatic rings. The molecule has 2 heterocycles. The quantitative estimate of drug-likeness (QED) is 0.509. The van der Waals surface area contributed by atoms with E-state index in [-0.39, 0.29) is 0 Å². The van der Waals surface area contributed by atoms with Crippen molar-refractivity contribution in [3.63, 3.8) is 0 Å². The molecular formula is C8H10N4S. The van der Waals surface area contributed by atoms with Gasteiger partial charge in [-0.05, 0) is 20.1 Å². The molecule has 0 fully saturated rings. The molecule has 0 saturated heterocycles. The minimum atomic E-state index is 0.870. The summed E-state index contributed by atoms with van der Waals surface area (Å²) in [6.45, 7) is 3.89. The summed E-state index contributed by atoms with van der Waals surface area (Å²) in [6.07, 6.45) is 2.00. The van der Waals surface area contributed by atoms with Crippen molar-refractivity contribution in [3.8, 4) is 0 Å². The van der Waals surface area contributed by atoms with Gasteiger partial charge in [-0.15, -0.1) is 22.0 Å². The van der Waals surface area contributed by atoms with Crippen LogP contribution in [0.5, 0.6) is 0 Å². The summed E-state index contributed by atoms with van der Waals surface area (Å²) < 4.78 is 1.94. The van der Waals surface area contributed by atoms with Gasteiger partial charge in [-0.3, -0.25) is 4.40 Å². The Balaban J connectivity index is 2.79. The molecule has 68 valence electrons. The minimum Gasteiger partial charge on any atom is -0.267 e. The van der Waals surface area contributed by atoms with Crippen LogP contribution in [0, 0.1) is 13.8 Å². The molecule has 0 aliphatic carbocycles. The van der Waals surface area contributed by atoms with Crippen molar-refractivity contribution in [1.29, 1.82) is 0 Å². The third-order valence-electron chi connectivity index (χ3n) is 1.91. The average molecular weight is 194 g/mol. The molecule has 13 heavy (non-hydrogen) atoms. The van der Waals surface area contributed by atoms with Crippen LogP contribution in [-0.2, 0) is 0 Å². The van der Waals surface area contributed by atoms with E-state index in [1.807, 2.05) is 30.6 Å². The molecule has 5 heteroatoms. The van der Waals surface area contributed by atoms with Crippen LogP contribution >= 0.6 is 11.8 Å². The van der Waals surface area contributed by atoms with Gasteiger partial charge in [0.1, 0.15) is 16.7 Å². The fourth-order valence-corrected chi connectivity index (χ4v) is 1.78. The van der Waals surface area contributed by atoms with Gasteiger partial charge in [-0.2, -0.15) is 0 Å². The molecule has 2 aromatic heterocycles. The van der Waals surface area contributed by atoms with Crippen LogP contribution in [0.25, 0.3) is 5.65 Å². The van der Waals surface area contributed by atoms with Gasteiger partial charge in [0.15, 0.2) is 5.65 Å². The lowest BCUT2D eigenvalue weighted by Crippen LogP contribution is -1.98. The predicted molar refractivity (Wildman–Crippen MR) is 52.0 cm³/mol.